The Bertz CT molecular complexity index is 263. The normalized spacial score (nSPS) is 10.2. The molecule has 0 spiro atoms. The van der Waals surface area contributed by atoms with Crippen molar-refractivity contribution in [2.75, 3.05) is 23.3 Å². The quantitative estimate of drug-likeness (QED) is 0.781. The van der Waals surface area contributed by atoms with E-state index in [0.29, 0.717) is 0 Å². The summed E-state index contributed by atoms with van der Waals surface area (Å²) in [6.07, 6.45) is 4.66. The maximum Gasteiger partial charge on any atom is 0.225 e. The van der Waals surface area contributed by atoms with Crippen molar-refractivity contribution in [3.05, 3.63) is 16.9 Å². The zero-order valence-corrected chi connectivity index (χ0v) is 11.3. The summed E-state index contributed by atoms with van der Waals surface area (Å²) < 4.78 is 0.915. The van der Waals surface area contributed by atoms with Gasteiger partial charge >= 0.3 is 0 Å². The molecule has 0 amide bonds. The number of hydrogen-bond donors (Lipinski definition) is 0. The van der Waals surface area contributed by atoms with Crippen molar-refractivity contribution in [1.29, 1.82) is 0 Å². The first-order valence-corrected chi connectivity index (χ1v) is 6.47. The fraction of sp³-hybridized carbons (Fsp3) is 0.556. The Labute approximate surface area is 101 Å². The Hall–Kier alpha value is -0.160. The topological polar surface area (TPSA) is 29.0 Å². The summed E-state index contributed by atoms with van der Waals surface area (Å²) in [6, 6.07) is 0. The van der Waals surface area contributed by atoms with E-state index in [9.17, 15) is 0 Å². The summed E-state index contributed by atoms with van der Waals surface area (Å²) in [6.45, 7) is 4.04. The Morgan fingerprint density at radius 1 is 1.36 bits per heavy atom. The first-order chi connectivity index (χ1) is 6.77. The molecule has 1 heterocycles. The van der Waals surface area contributed by atoms with Gasteiger partial charge < -0.3 is 4.90 Å². The van der Waals surface area contributed by atoms with Crippen LogP contribution in [0.5, 0.6) is 0 Å². The molecule has 0 atom stereocenters. The number of rotatable bonds is 5. The molecule has 1 rings (SSSR count). The number of aromatic nitrogens is 2. The smallest absolute Gasteiger partial charge is 0.225 e. The molecule has 0 fully saturated rings. The highest BCUT2D eigenvalue weighted by Crippen LogP contribution is 2.11. The minimum Gasteiger partial charge on any atom is -0.341 e. The maximum atomic E-state index is 4.25. The second-order valence-electron chi connectivity index (χ2n) is 2.82. The van der Waals surface area contributed by atoms with E-state index in [2.05, 4.69) is 53.7 Å². The molecule has 3 nitrogen and oxygen atoms in total. The van der Waals surface area contributed by atoms with Crippen molar-refractivity contribution < 1.29 is 0 Å². The highest BCUT2D eigenvalue weighted by Gasteiger charge is 2.05. The minimum atomic E-state index is 0.802. The van der Waals surface area contributed by atoms with E-state index in [1.165, 1.54) is 0 Å². The van der Waals surface area contributed by atoms with E-state index in [0.717, 1.165) is 35.3 Å². The molecular formula is C9H13Br2N3. The lowest BCUT2D eigenvalue weighted by molar-refractivity contribution is 0.767. The molecule has 0 aromatic carbocycles. The minimum absolute atomic E-state index is 0.802. The van der Waals surface area contributed by atoms with Crippen molar-refractivity contribution in [3.8, 4) is 0 Å². The fourth-order valence-corrected chi connectivity index (χ4v) is 1.57. The van der Waals surface area contributed by atoms with Gasteiger partial charge in [0.05, 0.1) is 4.47 Å². The highest BCUT2D eigenvalue weighted by molar-refractivity contribution is 9.10. The molecule has 5 heteroatoms. The van der Waals surface area contributed by atoms with Gasteiger partial charge in [0.1, 0.15) is 0 Å². The predicted octanol–water partition coefficient (Wildman–Crippen LogP) is 2.85. The standard InChI is InChI=1S/C9H13Br2N3/c1-2-14(5-3-4-10)9-12-6-8(11)7-13-9/h6-7H,2-5H2,1H3. The Balaban J connectivity index is 2.64. The fourth-order valence-electron chi connectivity index (χ4n) is 1.12. The van der Waals surface area contributed by atoms with Crippen LogP contribution < -0.4 is 4.90 Å². The Morgan fingerprint density at radius 2 is 2.00 bits per heavy atom. The van der Waals surface area contributed by atoms with Crippen LogP contribution in [0.4, 0.5) is 5.95 Å². The lowest BCUT2D eigenvalue weighted by Crippen LogP contribution is -2.26. The zero-order chi connectivity index (χ0) is 10.4. The zero-order valence-electron chi connectivity index (χ0n) is 8.08. The third kappa shape index (κ3) is 3.53. The molecule has 0 unspecified atom stereocenters. The molecule has 0 saturated heterocycles. The van der Waals surface area contributed by atoms with E-state index < -0.39 is 0 Å². The predicted molar refractivity (Wildman–Crippen MR) is 66.0 cm³/mol. The van der Waals surface area contributed by atoms with Gasteiger partial charge in [0.2, 0.25) is 5.95 Å². The third-order valence-corrected chi connectivity index (χ3v) is 2.80. The van der Waals surface area contributed by atoms with Crippen LogP contribution in [-0.2, 0) is 0 Å². The van der Waals surface area contributed by atoms with Crippen molar-refractivity contribution in [2.45, 2.75) is 13.3 Å². The van der Waals surface area contributed by atoms with Crippen molar-refractivity contribution in [1.82, 2.24) is 9.97 Å². The second-order valence-corrected chi connectivity index (χ2v) is 4.53. The third-order valence-electron chi connectivity index (χ3n) is 1.83. The Morgan fingerprint density at radius 3 is 2.50 bits per heavy atom. The molecule has 0 radical (unpaired) electrons. The number of anilines is 1. The molecule has 0 aliphatic carbocycles. The first kappa shape index (κ1) is 11.9. The highest BCUT2D eigenvalue weighted by atomic mass is 79.9. The van der Waals surface area contributed by atoms with Crippen LogP contribution in [0.1, 0.15) is 13.3 Å². The lowest BCUT2D eigenvalue weighted by atomic mass is 10.4. The average molecular weight is 323 g/mol. The van der Waals surface area contributed by atoms with Gasteiger partial charge in [-0.15, -0.1) is 0 Å². The number of alkyl halides is 1. The average Bonchev–Trinajstić information content (AvgIpc) is 2.21. The van der Waals surface area contributed by atoms with Gasteiger partial charge in [-0.25, -0.2) is 9.97 Å². The SMILES string of the molecule is CCN(CCCBr)c1ncc(Br)cn1. The van der Waals surface area contributed by atoms with Gasteiger partial charge in [0.25, 0.3) is 0 Å². The van der Waals surface area contributed by atoms with Gasteiger partial charge in [-0.2, -0.15) is 0 Å². The van der Waals surface area contributed by atoms with E-state index in [1.54, 1.807) is 12.4 Å². The molecule has 0 aliphatic rings. The van der Waals surface area contributed by atoms with Crippen molar-refractivity contribution in [3.63, 3.8) is 0 Å². The van der Waals surface area contributed by atoms with Crippen LogP contribution >= 0.6 is 31.9 Å². The largest absolute Gasteiger partial charge is 0.341 e. The molecule has 0 saturated carbocycles. The summed E-state index contributed by atoms with van der Waals surface area (Å²) in [5.74, 6) is 0.802. The molecule has 1 aromatic heterocycles. The van der Waals surface area contributed by atoms with Crippen LogP contribution in [0.2, 0.25) is 0 Å². The maximum absolute atomic E-state index is 4.25. The van der Waals surface area contributed by atoms with Crippen molar-refractivity contribution in [2.24, 2.45) is 0 Å². The summed E-state index contributed by atoms with van der Waals surface area (Å²) in [5.41, 5.74) is 0. The van der Waals surface area contributed by atoms with Crippen LogP contribution in [0.15, 0.2) is 16.9 Å². The van der Waals surface area contributed by atoms with Gasteiger partial charge in [0, 0.05) is 30.8 Å². The number of hydrogen-bond acceptors (Lipinski definition) is 3. The van der Waals surface area contributed by atoms with Crippen LogP contribution in [-0.4, -0.2) is 28.4 Å². The Kier molecular flexibility index (Phi) is 5.40. The molecule has 0 bridgehead atoms. The van der Waals surface area contributed by atoms with E-state index in [-0.39, 0.29) is 0 Å². The van der Waals surface area contributed by atoms with Crippen LogP contribution in [0.3, 0.4) is 0 Å². The molecule has 14 heavy (non-hydrogen) atoms. The second kappa shape index (κ2) is 6.35. The van der Waals surface area contributed by atoms with E-state index in [4.69, 9.17) is 0 Å². The summed E-state index contributed by atoms with van der Waals surface area (Å²) in [7, 11) is 0. The molecule has 78 valence electrons. The molecule has 0 aliphatic heterocycles. The van der Waals surface area contributed by atoms with Gasteiger partial charge in [0.15, 0.2) is 0 Å². The lowest BCUT2D eigenvalue weighted by Gasteiger charge is -2.19. The first-order valence-electron chi connectivity index (χ1n) is 4.56. The molecule has 1 aromatic rings. The monoisotopic (exact) mass is 321 g/mol. The van der Waals surface area contributed by atoms with E-state index in [1.807, 2.05) is 0 Å². The molecular weight excluding hydrogens is 310 g/mol. The number of nitrogens with zero attached hydrogens (tertiary/aromatic N) is 3. The number of halogens is 2. The van der Waals surface area contributed by atoms with Crippen molar-refractivity contribution >= 4 is 37.8 Å². The van der Waals surface area contributed by atoms with E-state index >= 15 is 0 Å². The summed E-state index contributed by atoms with van der Waals surface area (Å²) in [5, 5.41) is 1.01. The van der Waals surface area contributed by atoms with Gasteiger partial charge in [-0.3, -0.25) is 0 Å². The molecule has 0 N–H and O–H groups in total. The van der Waals surface area contributed by atoms with Gasteiger partial charge in [-0.05, 0) is 29.3 Å². The summed E-state index contributed by atoms with van der Waals surface area (Å²) in [4.78, 5) is 10.7. The summed E-state index contributed by atoms with van der Waals surface area (Å²) >= 11 is 6.73. The van der Waals surface area contributed by atoms with Gasteiger partial charge in [-0.1, -0.05) is 15.9 Å². The van der Waals surface area contributed by atoms with Crippen LogP contribution in [0.25, 0.3) is 0 Å². The van der Waals surface area contributed by atoms with Crippen LogP contribution in [0, 0.1) is 0 Å².